The summed E-state index contributed by atoms with van der Waals surface area (Å²) in [6.45, 7) is 0.784. The molecule has 1 aliphatic rings. The van der Waals surface area contributed by atoms with Gasteiger partial charge in [0.25, 0.3) is 0 Å². The van der Waals surface area contributed by atoms with Crippen LogP contribution in [0, 0.1) is 0 Å². The molecule has 1 aromatic carbocycles. The molecular formula is C16H19N3O3. The van der Waals surface area contributed by atoms with Gasteiger partial charge in [0.05, 0.1) is 0 Å². The van der Waals surface area contributed by atoms with Gasteiger partial charge >= 0.3 is 0 Å². The van der Waals surface area contributed by atoms with Gasteiger partial charge in [-0.1, -0.05) is 35.5 Å². The fourth-order valence-electron chi connectivity index (χ4n) is 2.77. The van der Waals surface area contributed by atoms with Gasteiger partial charge in [-0.15, -0.1) is 0 Å². The van der Waals surface area contributed by atoms with Crippen molar-refractivity contribution in [2.45, 2.75) is 25.3 Å². The van der Waals surface area contributed by atoms with Crippen molar-refractivity contribution in [2.75, 3.05) is 20.3 Å². The maximum absolute atomic E-state index is 12.2. The normalized spacial score (nSPS) is 18.4. The molecule has 0 N–H and O–H groups in total. The minimum atomic E-state index is -0.152. The second kappa shape index (κ2) is 6.70. The monoisotopic (exact) mass is 301 g/mol. The molecule has 0 bridgehead atoms. The van der Waals surface area contributed by atoms with Gasteiger partial charge in [-0.25, -0.2) is 0 Å². The minimum absolute atomic E-state index is 0.0355. The Balaban J connectivity index is 1.82. The number of ether oxygens (including phenoxy) is 1. The van der Waals surface area contributed by atoms with Crippen LogP contribution in [0.4, 0.5) is 0 Å². The lowest BCUT2D eigenvalue weighted by Crippen LogP contribution is -2.40. The number of carbonyl (C=O) groups excluding carboxylic acids is 1. The van der Waals surface area contributed by atoms with Crippen LogP contribution >= 0.6 is 0 Å². The number of rotatable bonds is 4. The Morgan fingerprint density at radius 3 is 2.95 bits per heavy atom. The van der Waals surface area contributed by atoms with E-state index in [1.807, 2.05) is 30.3 Å². The van der Waals surface area contributed by atoms with Gasteiger partial charge in [-0.2, -0.15) is 4.98 Å². The third-order valence-corrected chi connectivity index (χ3v) is 3.85. The SMILES string of the molecule is COCC(=O)N1CCCC[C@H]1c1nc(-c2ccccc2)no1. The molecule has 1 amide bonds. The number of hydrogen-bond acceptors (Lipinski definition) is 5. The molecule has 2 heterocycles. The van der Waals surface area contributed by atoms with Crippen molar-refractivity contribution in [1.82, 2.24) is 15.0 Å². The summed E-state index contributed by atoms with van der Waals surface area (Å²) in [7, 11) is 1.52. The van der Waals surface area contributed by atoms with Crippen molar-refractivity contribution in [3.05, 3.63) is 36.2 Å². The Labute approximate surface area is 129 Å². The summed E-state index contributed by atoms with van der Waals surface area (Å²) >= 11 is 0. The van der Waals surface area contributed by atoms with Crippen LogP contribution in [-0.2, 0) is 9.53 Å². The highest BCUT2D eigenvalue weighted by atomic mass is 16.5. The summed E-state index contributed by atoms with van der Waals surface area (Å²) in [6.07, 6.45) is 2.88. The van der Waals surface area contributed by atoms with Crippen molar-refractivity contribution < 1.29 is 14.1 Å². The zero-order valence-corrected chi connectivity index (χ0v) is 12.6. The standard InChI is InChI=1S/C16H19N3O3/c1-21-11-14(20)19-10-6-5-9-13(19)16-17-15(18-22-16)12-7-3-2-4-8-12/h2-4,7-8,13H,5-6,9-11H2,1H3/t13-/m0/s1. The third-order valence-electron chi connectivity index (χ3n) is 3.85. The van der Waals surface area contributed by atoms with E-state index in [0.717, 1.165) is 24.8 Å². The fraction of sp³-hybridized carbons (Fsp3) is 0.438. The maximum Gasteiger partial charge on any atom is 0.249 e. The predicted octanol–water partition coefficient (Wildman–Crippen LogP) is 2.44. The molecule has 0 saturated carbocycles. The Hall–Kier alpha value is -2.21. The lowest BCUT2D eigenvalue weighted by Gasteiger charge is -2.33. The summed E-state index contributed by atoms with van der Waals surface area (Å²) in [5.74, 6) is 1.02. The molecule has 1 aliphatic heterocycles. The van der Waals surface area contributed by atoms with Crippen molar-refractivity contribution in [3.63, 3.8) is 0 Å². The second-order valence-corrected chi connectivity index (χ2v) is 5.35. The average Bonchev–Trinajstić information content (AvgIpc) is 3.06. The summed E-state index contributed by atoms with van der Waals surface area (Å²) in [6, 6.07) is 9.52. The van der Waals surface area contributed by atoms with E-state index in [2.05, 4.69) is 10.1 Å². The zero-order chi connectivity index (χ0) is 15.4. The van der Waals surface area contributed by atoms with Crippen LogP contribution in [0.5, 0.6) is 0 Å². The van der Waals surface area contributed by atoms with E-state index in [4.69, 9.17) is 9.26 Å². The molecule has 6 nitrogen and oxygen atoms in total. The number of methoxy groups -OCH3 is 1. The first-order valence-electron chi connectivity index (χ1n) is 7.47. The van der Waals surface area contributed by atoms with Gasteiger partial charge < -0.3 is 14.2 Å². The number of carbonyl (C=O) groups is 1. The average molecular weight is 301 g/mol. The largest absolute Gasteiger partial charge is 0.375 e. The van der Waals surface area contributed by atoms with E-state index in [1.54, 1.807) is 4.90 Å². The summed E-state index contributed by atoms with van der Waals surface area (Å²) in [4.78, 5) is 18.4. The van der Waals surface area contributed by atoms with Crippen LogP contribution in [0.15, 0.2) is 34.9 Å². The molecule has 22 heavy (non-hydrogen) atoms. The number of benzene rings is 1. The third kappa shape index (κ3) is 3.01. The Kier molecular flexibility index (Phi) is 4.48. The van der Waals surface area contributed by atoms with Gasteiger partial charge in [-0.05, 0) is 19.3 Å². The molecule has 1 atom stereocenters. The van der Waals surface area contributed by atoms with Crippen LogP contribution in [0.1, 0.15) is 31.2 Å². The van der Waals surface area contributed by atoms with Gasteiger partial charge in [-0.3, -0.25) is 4.79 Å². The van der Waals surface area contributed by atoms with Crippen LogP contribution < -0.4 is 0 Å². The van der Waals surface area contributed by atoms with Crippen molar-refractivity contribution in [3.8, 4) is 11.4 Å². The summed E-state index contributed by atoms with van der Waals surface area (Å²) in [5, 5.41) is 4.05. The molecule has 0 aliphatic carbocycles. The topological polar surface area (TPSA) is 68.5 Å². The first-order valence-corrected chi connectivity index (χ1v) is 7.47. The molecule has 1 aromatic heterocycles. The Morgan fingerprint density at radius 1 is 1.36 bits per heavy atom. The molecule has 1 saturated heterocycles. The van der Waals surface area contributed by atoms with Gasteiger partial charge in [0.15, 0.2) is 0 Å². The van der Waals surface area contributed by atoms with E-state index in [-0.39, 0.29) is 18.6 Å². The van der Waals surface area contributed by atoms with E-state index < -0.39 is 0 Å². The van der Waals surface area contributed by atoms with Gasteiger partial charge in [0, 0.05) is 19.2 Å². The number of hydrogen-bond donors (Lipinski definition) is 0. The summed E-state index contributed by atoms with van der Waals surface area (Å²) in [5.41, 5.74) is 0.906. The Bertz CT molecular complexity index is 627. The number of nitrogens with zero attached hydrogens (tertiary/aromatic N) is 3. The minimum Gasteiger partial charge on any atom is -0.375 e. The van der Waals surface area contributed by atoms with Crippen molar-refractivity contribution in [2.24, 2.45) is 0 Å². The van der Waals surface area contributed by atoms with E-state index in [9.17, 15) is 4.79 Å². The number of aromatic nitrogens is 2. The van der Waals surface area contributed by atoms with Gasteiger partial charge in [0.2, 0.25) is 17.6 Å². The van der Waals surface area contributed by atoms with Crippen molar-refractivity contribution in [1.29, 1.82) is 0 Å². The van der Waals surface area contributed by atoms with Crippen molar-refractivity contribution >= 4 is 5.91 Å². The van der Waals surface area contributed by atoms with Crippen LogP contribution in [0.25, 0.3) is 11.4 Å². The van der Waals surface area contributed by atoms with E-state index in [1.165, 1.54) is 7.11 Å². The first-order chi connectivity index (χ1) is 10.8. The predicted molar refractivity (Wildman–Crippen MR) is 79.9 cm³/mol. The lowest BCUT2D eigenvalue weighted by atomic mass is 10.0. The van der Waals surface area contributed by atoms with E-state index in [0.29, 0.717) is 18.3 Å². The number of amides is 1. The highest BCUT2D eigenvalue weighted by molar-refractivity contribution is 5.78. The molecule has 3 rings (SSSR count). The second-order valence-electron chi connectivity index (χ2n) is 5.35. The molecule has 0 spiro atoms. The molecule has 0 unspecified atom stereocenters. The smallest absolute Gasteiger partial charge is 0.249 e. The van der Waals surface area contributed by atoms with E-state index >= 15 is 0 Å². The van der Waals surface area contributed by atoms with Crippen LogP contribution in [0.2, 0.25) is 0 Å². The maximum atomic E-state index is 12.2. The Morgan fingerprint density at radius 2 is 2.18 bits per heavy atom. The number of piperidine rings is 1. The first kappa shape index (κ1) is 14.7. The fourth-order valence-corrected chi connectivity index (χ4v) is 2.77. The summed E-state index contributed by atoms with van der Waals surface area (Å²) < 4.78 is 10.4. The molecular weight excluding hydrogens is 282 g/mol. The molecule has 2 aromatic rings. The lowest BCUT2D eigenvalue weighted by molar-refractivity contribution is -0.139. The quantitative estimate of drug-likeness (QED) is 0.867. The van der Waals surface area contributed by atoms with Crippen LogP contribution in [-0.4, -0.2) is 41.2 Å². The highest BCUT2D eigenvalue weighted by Crippen LogP contribution is 2.31. The molecule has 0 radical (unpaired) electrons. The molecule has 116 valence electrons. The molecule has 6 heteroatoms. The molecule has 1 fully saturated rings. The zero-order valence-electron chi connectivity index (χ0n) is 12.6. The van der Waals surface area contributed by atoms with Crippen LogP contribution in [0.3, 0.4) is 0 Å². The number of likely N-dealkylation sites (tertiary alicyclic amines) is 1. The van der Waals surface area contributed by atoms with Gasteiger partial charge in [0.1, 0.15) is 12.6 Å². The highest BCUT2D eigenvalue weighted by Gasteiger charge is 2.32.